The third kappa shape index (κ3) is 3.74. The van der Waals surface area contributed by atoms with Gasteiger partial charge in [0.05, 0.1) is 12.1 Å². The molecule has 1 amide bonds. The molecule has 0 saturated carbocycles. The van der Waals surface area contributed by atoms with Gasteiger partial charge in [-0.25, -0.2) is 4.39 Å². The SMILES string of the molecule is N#Cc1cc(NC(=O)CN2CCNCC2)ccc1F. The largest absolute Gasteiger partial charge is 0.325 e. The molecule has 1 aliphatic heterocycles. The van der Waals surface area contributed by atoms with Crippen LogP contribution >= 0.6 is 0 Å². The molecule has 6 heteroatoms. The fraction of sp³-hybridized carbons (Fsp3) is 0.385. The van der Waals surface area contributed by atoms with Gasteiger partial charge < -0.3 is 10.6 Å². The van der Waals surface area contributed by atoms with Crippen molar-refractivity contribution in [3.05, 3.63) is 29.6 Å². The van der Waals surface area contributed by atoms with E-state index < -0.39 is 5.82 Å². The lowest BCUT2D eigenvalue weighted by atomic mass is 10.2. The van der Waals surface area contributed by atoms with Crippen molar-refractivity contribution in [3.8, 4) is 6.07 Å². The monoisotopic (exact) mass is 262 g/mol. The number of carbonyl (C=O) groups is 1. The van der Waals surface area contributed by atoms with Gasteiger partial charge in [-0.1, -0.05) is 0 Å². The lowest BCUT2D eigenvalue weighted by molar-refractivity contribution is -0.117. The average molecular weight is 262 g/mol. The molecule has 0 spiro atoms. The third-order valence-corrected chi connectivity index (χ3v) is 2.95. The van der Waals surface area contributed by atoms with Crippen molar-refractivity contribution in [1.82, 2.24) is 10.2 Å². The van der Waals surface area contributed by atoms with Crippen LogP contribution in [0.25, 0.3) is 0 Å². The number of nitrogens with one attached hydrogen (secondary N) is 2. The molecule has 0 radical (unpaired) electrons. The maximum absolute atomic E-state index is 13.1. The molecule has 1 heterocycles. The van der Waals surface area contributed by atoms with E-state index in [2.05, 4.69) is 10.6 Å². The number of hydrogen-bond acceptors (Lipinski definition) is 4. The second kappa shape index (κ2) is 6.27. The zero-order valence-electron chi connectivity index (χ0n) is 10.4. The van der Waals surface area contributed by atoms with Crippen LogP contribution in [0.3, 0.4) is 0 Å². The number of nitrogens with zero attached hydrogens (tertiary/aromatic N) is 2. The predicted octanol–water partition coefficient (Wildman–Crippen LogP) is 0.541. The van der Waals surface area contributed by atoms with Gasteiger partial charge in [-0.05, 0) is 18.2 Å². The summed E-state index contributed by atoms with van der Waals surface area (Å²) in [6.07, 6.45) is 0. The highest BCUT2D eigenvalue weighted by atomic mass is 19.1. The lowest BCUT2D eigenvalue weighted by Crippen LogP contribution is -2.46. The van der Waals surface area contributed by atoms with Crippen molar-refractivity contribution in [1.29, 1.82) is 5.26 Å². The summed E-state index contributed by atoms with van der Waals surface area (Å²) in [6, 6.07) is 5.71. The molecule has 1 aromatic carbocycles. The van der Waals surface area contributed by atoms with E-state index >= 15 is 0 Å². The summed E-state index contributed by atoms with van der Waals surface area (Å²) in [5.41, 5.74) is 0.373. The van der Waals surface area contributed by atoms with Crippen molar-refractivity contribution >= 4 is 11.6 Å². The van der Waals surface area contributed by atoms with Gasteiger partial charge in [0.2, 0.25) is 5.91 Å². The molecule has 1 aromatic rings. The van der Waals surface area contributed by atoms with Gasteiger partial charge in [-0.15, -0.1) is 0 Å². The Labute approximate surface area is 111 Å². The fourth-order valence-corrected chi connectivity index (χ4v) is 1.96. The Hall–Kier alpha value is -1.97. The average Bonchev–Trinajstić information content (AvgIpc) is 2.42. The standard InChI is InChI=1S/C13H15FN4O/c14-12-2-1-11(7-10(12)8-15)17-13(19)9-18-5-3-16-4-6-18/h1-2,7,16H,3-6,9H2,(H,17,19). The van der Waals surface area contributed by atoms with E-state index in [4.69, 9.17) is 5.26 Å². The minimum Gasteiger partial charge on any atom is -0.325 e. The molecule has 5 nitrogen and oxygen atoms in total. The number of nitriles is 1. The molecule has 1 saturated heterocycles. The molecule has 1 fully saturated rings. The van der Waals surface area contributed by atoms with E-state index in [1.54, 1.807) is 6.07 Å². The maximum Gasteiger partial charge on any atom is 0.238 e. The number of amides is 1. The van der Waals surface area contributed by atoms with Crippen molar-refractivity contribution in [3.63, 3.8) is 0 Å². The van der Waals surface area contributed by atoms with Crippen molar-refractivity contribution in [2.24, 2.45) is 0 Å². The highest BCUT2D eigenvalue weighted by molar-refractivity contribution is 5.92. The minimum absolute atomic E-state index is 0.0695. The molecule has 0 bridgehead atoms. The maximum atomic E-state index is 13.1. The number of carbonyl (C=O) groups excluding carboxylic acids is 1. The predicted molar refractivity (Wildman–Crippen MR) is 69.1 cm³/mol. The lowest BCUT2D eigenvalue weighted by Gasteiger charge is -2.26. The van der Waals surface area contributed by atoms with Crippen LogP contribution in [0.2, 0.25) is 0 Å². The van der Waals surface area contributed by atoms with E-state index in [0.29, 0.717) is 12.2 Å². The summed E-state index contributed by atoms with van der Waals surface area (Å²) in [6.45, 7) is 3.73. The van der Waals surface area contributed by atoms with Gasteiger partial charge in [-0.2, -0.15) is 5.26 Å². The normalized spacial score (nSPS) is 15.8. The molecular weight excluding hydrogens is 247 g/mol. The Morgan fingerprint density at radius 1 is 1.47 bits per heavy atom. The summed E-state index contributed by atoms with van der Waals surface area (Å²) < 4.78 is 13.1. The number of halogens is 1. The molecular formula is C13H15FN4O. The molecule has 19 heavy (non-hydrogen) atoms. The summed E-state index contributed by atoms with van der Waals surface area (Å²) >= 11 is 0. The van der Waals surface area contributed by atoms with Crippen LogP contribution < -0.4 is 10.6 Å². The Balaban J connectivity index is 1.93. The first-order chi connectivity index (χ1) is 9.19. The molecule has 100 valence electrons. The van der Waals surface area contributed by atoms with Gasteiger partial charge in [0, 0.05) is 31.9 Å². The number of anilines is 1. The topological polar surface area (TPSA) is 68.2 Å². The van der Waals surface area contributed by atoms with Gasteiger partial charge in [0.15, 0.2) is 0 Å². The quantitative estimate of drug-likeness (QED) is 0.834. The van der Waals surface area contributed by atoms with Crippen molar-refractivity contribution < 1.29 is 9.18 Å². The first-order valence-corrected chi connectivity index (χ1v) is 6.11. The Bertz CT molecular complexity index is 506. The Morgan fingerprint density at radius 2 is 2.21 bits per heavy atom. The van der Waals surface area contributed by atoms with Gasteiger partial charge in [0.25, 0.3) is 0 Å². The first-order valence-electron chi connectivity index (χ1n) is 6.11. The van der Waals surface area contributed by atoms with Crippen molar-refractivity contribution in [2.45, 2.75) is 0 Å². The summed E-state index contributed by atoms with van der Waals surface area (Å²) in [7, 11) is 0. The summed E-state index contributed by atoms with van der Waals surface area (Å²) in [4.78, 5) is 13.9. The second-order valence-electron chi connectivity index (χ2n) is 4.38. The van der Waals surface area contributed by atoms with Crippen LogP contribution in [-0.2, 0) is 4.79 Å². The fourth-order valence-electron chi connectivity index (χ4n) is 1.96. The van der Waals surface area contributed by atoms with Crippen LogP contribution in [0, 0.1) is 17.1 Å². The first kappa shape index (κ1) is 13.5. The van der Waals surface area contributed by atoms with Crippen LogP contribution in [0.15, 0.2) is 18.2 Å². The Morgan fingerprint density at radius 3 is 2.89 bits per heavy atom. The number of benzene rings is 1. The molecule has 2 rings (SSSR count). The van der Waals surface area contributed by atoms with Crippen LogP contribution in [0.5, 0.6) is 0 Å². The number of rotatable bonds is 3. The van der Waals surface area contributed by atoms with Crippen LogP contribution in [-0.4, -0.2) is 43.5 Å². The molecule has 2 N–H and O–H groups in total. The molecule has 1 aliphatic rings. The third-order valence-electron chi connectivity index (χ3n) is 2.95. The smallest absolute Gasteiger partial charge is 0.238 e. The summed E-state index contributed by atoms with van der Waals surface area (Å²) in [5, 5.41) is 14.6. The van der Waals surface area contributed by atoms with Gasteiger partial charge in [0.1, 0.15) is 11.9 Å². The van der Waals surface area contributed by atoms with Crippen molar-refractivity contribution in [2.75, 3.05) is 38.0 Å². The van der Waals surface area contributed by atoms with Crippen LogP contribution in [0.4, 0.5) is 10.1 Å². The highest BCUT2D eigenvalue weighted by Gasteiger charge is 2.13. The number of piperazine rings is 1. The van der Waals surface area contributed by atoms with E-state index in [0.717, 1.165) is 26.2 Å². The van der Waals surface area contributed by atoms with Gasteiger partial charge in [-0.3, -0.25) is 9.69 Å². The molecule has 0 unspecified atom stereocenters. The highest BCUT2D eigenvalue weighted by Crippen LogP contribution is 2.13. The zero-order chi connectivity index (χ0) is 13.7. The van der Waals surface area contributed by atoms with Crippen LogP contribution in [0.1, 0.15) is 5.56 Å². The second-order valence-corrected chi connectivity index (χ2v) is 4.38. The molecule has 0 aliphatic carbocycles. The zero-order valence-corrected chi connectivity index (χ0v) is 10.4. The van der Waals surface area contributed by atoms with E-state index in [-0.39, 0.29) is 11.5 Å². The Kier molecular flexibility index (Phi) is 4.44. The molecule has 0 atom stereocenters. The summed E-state index contributed by atoms with van der Waals surface area (Å²) in [5.74, 6) is -0.736. The number of hydrogen-bond donors (Lipinski definition) is 2. The van der Waals surface area contributed by atoms with E-state index in [9.17, 15) is 9.18 Å². The molecule has 0 aromatic heterocycles. The van der Waals surface area contributed by atoms with Gasteiger partial charge >= 0.3 is 0 Å². The minimum atomic E-state index is -0.581. The van der Waals surface area contributed by atoms with E-state index in [1.807, 2.05) is 4.90 Å². The van der Waals surface area contributed by atoms with E-state index in [1.165, 1.54) is 18.2 Å².